The van der Waals surface area contributed by atoms with Gasteiger partial charge in [-0.3, -0.25) is 14.6 Å². The zero-order valence-electron chi connectivity index (χ0n) is 17.3. The number of aromatic nitrogens is 2. The highest BCUT2D eigenvalue weighted by Gasteiger charge is 2.36. The molecule has 2 aliphatic rings. The molecule has 2 atom stereocenters. The van der Waals surface area contributed by atoms with Crippen LogP contribution >= 0.6 is 0 Å². The molecule has 4 rings (SSSR count). The van der Waals surface area contributed by atoms with Crippen LogP contribution in [0.3, 0.4) is 0 Å². The highest BCUT2D eigenvalue weighted by molar-refractivity contribution is 7.89. The lowest BCUT2D eigenvalue weighted by atomic mass is 9.87. The molecule has 2 heterocycles. The fourth-order valence-corrected chi connectivity index (χ4v) is 6.32. The zero-order valence-corrected chi connectivity index (χ0v) is 18.1. The van der Waals surface area contributed by atoms with E-state index in [1.54, 1.807) is 0 Å². The van der Waals surface area contributed by atoms with Gasteiger partial charge in [-0.1, -0.05) is 24.3 Å². The predicted molar refractivity (Wildman–Crippen MR) is 114 cm³/mol. The number of aromatic amines is 2. The van der Waals surface area contributed by atoms with Crippen molar-refractivity contribution in [3.63, 3.8) is 0 Å². The monoisotopic (exact) mass is 446 g/mol. The Labute approximate surface area is 179 Å². The summed E-state index contributed by atoms with van der Waals surface area (Å²) in [6.45, 7) is 1.59. The molecule has 1 aromatic heterocycles. The predicted octanol–water partition coefficient (Wildman–Crippen LogP) is 0.966. The van der Waals surface area contributed by atoms with E-state index in [1.807, 2.05) is 23.2 Å². The van der Waals surface area contributed by atoms with E-state index >= 15 is 0 Å². The number of fused-ring (bicyclic) bond motifs is 1. The van der Waals surface area contributed by atoms with E-state index in [4.69, 9.17) is 0 Å². The molecule has 9 nitrogen and oxygen atoms in total. The Kier molecular flexibility index (Phi) is 5.85. The zero-order chi connectivity index (χ0) is 22.2. The topological polar surface area (TPSA) is 132 Å². The molecule has 1 aliphatic carbocycles. The minimum Gasteiger partial charge on any atom is -0.349 e. The molecule has 1 amide bonds. The van der Waals surface area contributed by atoms with Crippen LogP contribution in [0.25, 0.3) is 0 Å². The molecule has 0 spiro atoms. The molecule has 0 bridgehead atoms. The lowest BCUT2D eigenvalue weighted by Gasteiger charge is -2.33. The van der Waals surface area contributed by atoms with Gasteiger partial charge in [-0.25, -0.2) is 13.2 Å². The summed E-state index contributed by atoms with van der Waals surface area (Å²) in [6, 6.07) is 7.98. The van der Waals surface area contributed by atoms with Crippen LogP contribution in [0.4, 0.5) is 0 Å². The van der Waals surface area contributed by atoms with Crippen LogP contribution < -0.4 is 16.6 Å². The maximum atomic E-state index is 13.1. The third kappa shape index (κ3) is 4.22. The number of sulfonamides is 1. The summed E-state index contributed by atoms with van der Waals surface area (Å²) in [5, 5.41) is 3.11. The molecule has 1 saturated heterocycles. The second-order valence-electron chi connectivity index (χ2n) is 8.22. The van der Waals surface area contributed by atoms with Crippen molar-refractivity contribution in [1.82, 2.24) is 19.6 Å². The van der Waals surface area contributed by atoms with Gasteiger partial charge < -0.3 is 10.3 Å². The Bertz CT molecular complexity index is 1220. The molecule has 1 aromatic carbocycles. The highest BCUT2D eigenvalue weighted by Crippen LogP contribution is 2.30. The Morgan fingerprint density at radius 3 is 2.68 bits per heavy atom. The van der Waals surface area contributed by atoms with Gasteiger partial charge in [0.2, 0.25) is 15.9 Å². The average Bonchev–Trinajstić information content (AvgIpc) is 2.73. The van der Waals surface area contributed by atoms with Gasteiger partial charge in [0.15, 0.2) is 4.90 Å². The number of H-pyrrole nitrogens is 2. The number of piperidine rings is 1. The summed E-state index contributed by atoms with van der Waals surface area (Å²) in [5.41, 5.74) is 0.633. The van der Waals surface area contributed by atoms with Crippen molar-refractivity contribution in [2.45, 2.75) is 50.0 Å². The Hall–Kier alpha value is -2.72. The van der Waals surface area contributed by atoms with Gasteiger partial charge in [0.05, 0.1) is 12.0 Å². The van der Waals surface area contributed by atoms with Gasteiger partial charge in [-0.15, -0.1) is 0 Å². The molecule has 2 aromatic rings. The molecular formula is C21H26N4O5S. The Morgan fingerprint density at radius 1 is 1.13 bits per heavy atom. The lowest BCUT2D eigenvalue weighted by Crippen LogP contribution is -2.47. The number of amides is 1. The van der Waals surface area contributed by atoms with Crippen molar-refractivity contribution in [1.29, 1.82) is 0 Å². The van der Waals surface area contributed by atoms with Crippen LogP contribution in [0.15, 0.2) is 38.8 Å². The first-order valence-corrected chi connectivity index (χ1v) is 11.9. The fraction of sp³-hybridized carbons (Fsp3) is 0.476. The number of nitrogens with one attached hydrogen (secondary N) is 3. The molecule has 3 N–H and O–H groups in total. The van der Waals surface area contributed by atoms with Crippen LogP contribution in [0.1, 0.15) is 48.5 Å². The van der Waals surface area contributed by atoms with Crippen LogP contribution in [0, 0.1) is 12.8 Å². The molecule has 10 heteroatoms. The molecule has 0 saturated carbocycles. The van der Waals surface area contributed by atoms with Crippen LogP contribution in [0.2, 0.25) is 0 Å². The van der Waals surface area contributed by atoms with Crippen molar-refractivity contribution in [3.8, 4) is 0 Å². The van der Waals surface area contributed by atoms with Gasteiger partial charge in [0, 0.05) is 18.8 Å². The third-order valence-electron chi connectivity index (χ3n) is 6.11. The number of aryl methyl sites for hydroxylation is 2. The van der Waals surface area contributed by atoms with Crippen LogP contribution in [-0.2, 0) is 21.2 Å². The number of carbonyl (C=O) groups is 1. The first-order valence-electron chi connectivity index (χ1n) is 10.5. The van der Waals surface area contributed by atoms with E-state index < -0.39 is 32.1 Å². The molecule has 0 radical (unpaired) electrons. The normalized spacial score (nSPS) is 22.0. The molecule has 0 unspecified atom stereocenters. The van der Waals surface area contributed by atoms with Gasteiger partial charge in [-0.05, 0) is 50.2 Å². The van der Waals surface area contributed by atoms with Crippen molar-refractivity contribution in [3.05, 3.63) is 61.9 Å². The van der Waals surface area contributed by atoms with E-state index in [9.17, 15) is 22.8 Å². The maximum Gasteiger partial charge on any atom is 0.325 e. The molecule has 1 fully saturated rings. The average molecular weight is 447 g/mol. The highest BCUT2D eigenvalue weighted by atomic mass is 32.2. The van der Waals surface area contributed by atoms with E-state index in [2.05, 4.69) is 16.4 Å². The summed E-state index contributed by atoms with van der Waals surface area (Å²) < 4.78 is 27.4. The molecular weight excluding hydrogens is 420 g/mol. The smallest absolute Gasteiger partial charge is 0.325 e. The van der Waals surface area contributed by atoms with E-state index in [0.29, 0.717) is 12.8 Å². The minimum absolute atomic E-state index is 0.000536. The van der Waals surface area contributed by atoms with Gasteiger partial charge in [0.1, 0.15) is 0 Å². The fourth-order valence-electron chi connectivity index (χ4n) is 4.60. The SMILES string of the molecule is Cc1[nH]c(=O)[nH]c(=O)c1S(=O)(=O)N1CCC[C@@H](C(=O)N[C@@H]2CCCc3ccccc32)C1. The Balaban J connectivity index is 1.52. The largest absolute Gasteiger partial charge is 0.349 e. The van der Waals surface area contributed by atoms with Gasteiger partial charge in [0.25, 0.3) is 5.56 Å². The van der Waals surface area contributed by atoms with E-state index in [0.717, 1.165) is 24.8 Å². The number of benzene rings is 1. The van der Waals surface area contributed by atoms with E-state index in [-0.39, 0.29) is 30.7 Å². The first kappa shape index (κ1) is 21.5. The maximum absolute atomic E-state index is 13.1. The second-order valence-corrected chi connectivity index (χ2v) is 10.1. The molecule has 31 heavy (non-hydrogen) atoms. The number of hydrogen-bond acceptors (Lipinski definition) is 5. The summed E-state index contributed by atoms with van der Waals surface area (Å²) in [7, 11) is -4.15. The minimum atomic E-state index is -4.15. The van der Waals surface area contributed by atoms with Crippen LogP contribution in [-0.4, -0.2) is 41.7 Å². The van der Waals surface area contributed by atoms with Gasteiger partial charge >= 0.3 is 5.69 Å². The number of rotatable bonds is 4. The third-order valence-corrected chi connectivity index (χ3v) is 8.13. The summed E-state index contributed by atoms with van der Waals surface area (Å²) in [5.74, 6) is -0.673. The van der Waals surface area contributed by atoms with Crippen molar-refractivity contribution >= 4 is 15.9 Å². The van der Waals surface area contributed by atoms with Gasteiger partial charge in [-0.2, -0.15) is 4.31 Å². The standard InChI is InChI=1S/C21H26N4O5S/c1-13-18(20(27)24-21(28)22-13)31(29,30)25-11-5-8-15(12-25)19(26)23-17-10-4-7-14-6-2-3-9-16(14)17/h2-3,6,9,15,17H,4-5,7-8,10-12H2,1H3,(H,23,26)(H2,22,24,27,28)/t15-,17-/m1/s1. The summed E-state index contributed by atoms with van der Waals surface area (Å²) in [4.78, 5) is 40.4. The van der Waals surface area contributed by atoms with E-state index in [1.165, 1.54) is 16.8 Å². The second kappa shape index (κ2) is 8.43. The summed E-state index contributed by atoms with van der Waals surface area (Å²) >= 11 is 0. The van der Waals surface area contributed by atoms with Crippen LogP contribution in [0.5, 0.6) is 0 Å². The number of carbonyl (C=O) groups excluding carboxylic acids is 1. The molecule has 166 valence electrons. The number of nitrogens with zero attached hydrogens (tertiary/aromatic N) is 1. The van der Waals surface area contributed by atoms with Crippen molar-refractivity contribution in [2.24, 2.45) is 5.92 Å². The molecule has 1 aliphatic heterocycles. The first-order chi connectivity index (χ1) is 14.8. The Morgan fingerprint density at radius 2 is 1.90 bits per heavy atom. The lowest BCUT2D eigenvalue weighted by molar-refractivity contribution is -0.127. The van der Waals surface area contributed by atoms with Crippen molar-refractivity contribution < 1.29 is 13.2 Å². The quantitative estimate of drug-likeness (QED) is 0.644. The summed E-state index contributed by atoms with van der Waals surface area (Å²) in [6.07, 6.45) is 3.92. The van der Waals surface area contributed by atoms with Crippen molar-refractivity contribution in [2.75, 3.05) is 13.1 Å². The number of hydrogen-bond donors (Lipinski definition) is 3.